The molecule has 0 bridgehead atoms. The summed E-state index contributed by atoms with van der Waals surface area (Å²) in [6.45, 7) is 3.87. The second-order valence-corrected chi connectivity index (χ2v) is 4.80. The molecule has 2 heterocycles. The lowest BCUT2D eigenvalue weighted by Crippen LogP contribution is -2.47. The van der Waals surface area contributed by atoms with E-state index < -0.39 is 17.7 Å². The monoisotopic (exact) mass is 254 g/mol. The van der Waals surface area contributed by atoms with Gasteiger partial charge in [-0.05, 0) is 39.2 Å². The number of carbonyl (C=O) groups excluding carboxylic acids is 1. The van der Waals surface area contributed by atoms with Crippen molar-refractivity contribution < 1.29 is 13.6 Å². The van der Waals surface area contributed by atoms with E-state index in [1.807, 2.05) is 13.8 Å². The van der Waals surface area contributed by atoms with Crippen molar-refractivity contribution in [3.05, 3.63) is 29.6 Å². The molecule has 5 heteroatoms. The molecule has 1 saturated heterocycles. The van der Waals surface area contributed by atoms with Gasteiger partial charge in [0.2, 0.25) is 5.95 Å². The van der Waals surface area contributed by atoms with Gasteiger partial charge in [-0.3, -0.25) is 4.79 Å². The van der Waals surface area contributed by atoms with Crippen LogP contribution in [0, 0.1) is 11.8 Å². The lowest BCUT2D eigenvalue weighted by atomic mass is 9.96. The van der Waals surface area contributed by atoms with Crippen molar-refractivity contribution in [1.82, 2.24) is 9.88 Å². The molecule has 1 aromatic rings. The molecule has 1 amide bonds. The van der Waals surface area contributed by atoms with Crippen LogP contribution in [0.15, 0.2) is 12.3 Å². The molecule has 3 nitrogen and oxygen atoms in total. The van der Waals surface area contributed by atoms with Crippen LogP contribution in [0.2, 0.25) is 0 Å². The number of piperidine rings is 1. The van der Waals surface area contributed by atoms with Crippen LogP contribution in [0.1, 0.15) is 43.5 Å². The summed E-state index contributed by atoms with van der Waals surface area (Å²) in [4.78, 5) is 17.1. The average molecular weight is 254 g/mol. The Morgan fingerprint density at radius 3 is 2.56 bits per heavy atom. The molecule has 2 rings (SSSR count). The standard InChI is InChI=1S/C13H16F2N2O/c1-8-4-3-5-9(2)17(8)13(18)10-6-7-16-12(15)11(10)14/h6-9H,3-5H2,1-2H3. The van der Waals surface area contributed by atoms with Crippen LogP contribution in [0.3, 0.4) is 0 Å². The van der Waals surface area contributed by atoms with Gasteiger partial charge in [-0.25, -0.2) is 9.37 Å². The van der Waals surface area contributed by atoms with Crippen LogP contribution in [-0.4, -0.2) is 27.9 Å². The Morgan fingerprint density at radius 2 is 1.94 bits per heavy atom. The fourth-order valence-electron chi connectivity index (χ4n) is 2.54. The molecule has 0 spiro atoms. The summed E-state index contributed by atoms with van der Waals surface area (Å²) >= 11 is 0. The molecule has 2 atom stereocenters. The highest BCUT2D eigenvalue weighted by molar-refractivity contribution is 5.94. The van der Waals surface area contributed by atoms with Crippen molar-refractivity contribution >= 4 is 5.91 Å². The fraction of sp³-hybridized carbons (Fsp3) is 0.538. The van der Waals surface area contributed by atoms with Gasteiger partial charge in [-0.2, -0.15) is 4.39 Å². The first-order chi connectivity index (χ1) is 8.52. The summed E-state index contributed by atoms with van der Waals surface area (Å²) in [6.07, 6.45) is 3.96. The Hall–Kier alpha value is -1.52. The van der Waals surface area contributed by atoms with E-state index in [2.05, 4.69) is 4.98 Å². The molecule has 0 saturated carbocycles. The largest absolute Gasteiger partial charge is 0.333 e. The van der Waals surface area contributed by atoms with Gasteiger partial charge in [0.25, 0.3) is 5.91 Å². The van der Waals surface area contributed by atoms with Crippen molar-refractivity contribution in [3.8, 4) is 0 Å². The van der Waals surface area contributed by atoms with Gasteiger partial charge in [-0.1, -0.05) is 0 Å². The highest BCUT2D eigenvalue weighted by Gasteiger charge is 2.31. The Bertz CT molecular complexity index is 454. The summed E-state index contributed by atoms with van der Waals surface area (Å²) in [6, 6.07) is 1.34. The molecule has 1 aromatic heterocycles. The lowest BCUT2D eigenvalue weighted by Gasteiger charge is -2.39. The van der Waals surface area contributed by atoms with Crippen LogP contribution >= 0.6 is 0 Å². The third-order valence-corrected chi connectivity index (χ3v) is 3.51. The van der Waals surface area contributed by atoms with Gasteiger partial charge < -0.3 is 4.90 Å². The van der Waals surface area contributed by atoms with Crippen molar-refractivity contribution in [3.63, 3.8) is 0 Å². The molecule has 0 N–H and O–H groups in total. The second-order valence-electron chi connectivity index (χ2n) is 4.80. The van der Waals surface area contributed by atoms with E-state index in [1.165, 1.54) is 6.07 Å². The minimum Gasteiger partial charge on any atom is -0.333 e. The second kappa shape index (κ2) is 5.00. The summed E-state index contributed by atoms with van der Waals surface area (Å²) in [5.41, 5.74) is -0.233. The first-order valence-corrected chi connectivity index (χ1v) is 6.15. The Labute approximate surface area is 105 Å². The Kier molecular flexibility index (Phi) is 3.59. The predicted octanol–water partition coefficient (Wildman–Crippen LogP) is 2.76. The van der Waals surface area contributed by atoms with E-state index in [0.717, 1.165) is 25.5 Å². The number of aromatic nitrogens is 1. The summed E-state index contributed by atoms with van der Waals surface area (Å²) < 4.78 is 26.6. The molecule has 0 radical (unpaired) electrons. The number of carbonyl (C=O) groups is 1. The topological polar surface area (TPSA) is 33.2 Å². The van der Waals surface area contributed by atoms with Gasteiger partial charge >= 0.3 is 0 Å². The van der Waals surface area contributed by atoms with Gasteiger partial charge in [0, 0.05) is 18.3 Å². The van der Waals surface area contributed by atoms with Crippen LogP contribution in [0.4, 0.5) is 8.78 Å². The fourth-order valence-corrected chi connectivity index (χ4v) is 2.54. The normalized spacial score (nSPS) is 24.1. The summed E-state index contributed by atoms with van der Waals surface area (Å²) in [5.74, 6) is -2.83. The highest BCUT2D eigenvalue weighted by Crippen LogP contribution is 2.25. The highest BCUT2D eigenvalue weighted by atomic mass is 19.2. The Balaban J connectivity index is 2.32. The van der Waals surface area contributed by atoms with Crippen molar-refractivity contribution in [2.75, 3.05) is 0 Å². The number of likely N-dealkylation sites (tertiary alicyclic amines) is 1. The van der Waals surface area contributed by atoms with E-state index >= 15 is 0 Å². The molecule has 98 valence electrons. The smallest absolute Gasteiger partial charge is 0.257 e. The molecule has 0 aromatic carbocycles. The van der Waals surface area contributed by atoms with Gasteiger partial charge in [0.1, 0.15) is 0 Å². The van der Waals surface area contributed by atoms with E-state index in [1.54, 1.807) is 4.90 Å². The van der Waals surface area contributed by atoms with E-state index in [-0.39, 0.29) is 17.6 Å². The number of hydrogen-bond donors (Lipinski definition) is 0. The zero-order chi connectivity index (χ0) is 13.3. The molecule has 1 aliphatic rings. The molecule has 18 heavy (non-hydrogen) atoms. The quantitative estimate of drug-likeness (QED) is 0.722. The number of rotatable bonds is 1. The van der Waals surface area contributed by atoms with Crippen LogP contribution < -0.4 is 0 Å². The SMILES string of the molecule is CC1CCCC(C)N1C(=O)c1ccnc(F)c1F. The number of pyridine rings is 1. The number of hydrogen-bond acceptors (Lipinski definition) is 2. The lowest BCUT2D eigenvalue weighted by molar-refractivity contribution is 0.0504. The van der Waals surface area contributed by atoms with E-state index in [4.69, 9.17) is 0 Å². The molecule has 2 unspecified atom stereocenters. The Morgan fingerprint density at radius 1 is 1.33 bits per heavy atom. The maximum atomic E-state index is 13.6. The average Bonchev–Trinajstić information content (AvgIpc) is 2.32. The molecule has 0 aliphatic carbocycles. The molecular formula is C13H16F2N2O. The minimum atomic E-state index is -1.22. The van der Waals surface area contributed by atoms with Crippen molar-refractivity contribution in [2.24, 2.45) is 0 Å². The van der Waals surface area contributed by atoms with Crippen LogP contribution in [-0.2, 0) is 0 Å². The number of halogens is 2. The van der Waals surface area contributed by atoms with Gasteiger partial charge in [-0.15, -0.1) is 0 Å². The zero-order valence-electron chi connectivity index (χ0n) is 10.5. The van der Waals surface area contributed by atoms with Crippen LogP contribution in [0.5, 0.6) is 0 Å². The third-order valence-electron chi connectivity index (χ3n) is 3.51. The zero-order valence-corrected chi connectivity index (χ0v) is 10.5. The predicted molar refractivity (Wildman–Crippen MR) is 63.1 cm³/mol. The van der Waals surface area contributed by atoms with Gasteiger partial charge in [0.15, 0.2) is 5.82 Å². The van der Waals surface area contributed by atoms with Crippen LogP contribution in [0.25, 0.3) is 0 Å². The molecule has 1 aliphatic heterocycles. The first kappa shape index (κ1) is 12.9. The number of amides is 1. The maximum absolute atomic E-state index is 13.6. The number of nitrogens with zero attached hydrogens (tertiary/aromatic N) is 2. The molecular weight excluding hydrogens is 238 g/mol. The maximum Gasteiger partial charge on any atom is 0.257 e. The summed E-state index contributed by atoms with van der Waals surface area (Å²) in [7, 11) is 0. The first-order valence-electron chi connectivity index (χ1n) is 6.15. The van der Waals surface area contributed by atoms with Crippen molar-refractivity contribution in [2.45, 2.75) is 45.2 Å². The van der Waals surface area contributed by atoms with Gasteiger partial charge in [0.05, 0.1) is 5.56 Å². The third kappa shape index (κ3) is 2.21. The van der Waals surface area contributed by atoms with E-state index in [9.17, 15) is 13.6 Å². The summed E-state index contributed by atoms with van der Waals surface area (Å²) in [5, 5.41) is 0. The van der Waals surface area contributed by atoms with E-state index in [0.29, 0.717) is 0 Å². The minimum absolute atomic E-state index is 0.0527. The molecule has 1 fully saturated rings. The van der Waals surface area contributed by atoms with Crippen molar-refractivity contribution in [1.29, 1.82) is 0 Å².